The van der Waals surface area contributed by atoms with Crippen molar-refractivity contribution in [3.05, 3.63) is 56.4 Å². The molecule has 0 saturated carbocycles. The van der Waals surface area contributed by atoms with Crippen molar-refractivity contribution in [2.45, 2.75) is 20.0 Å². The van der Waals surface area contributed by atoms with E-state index in [0.717, 1.165) is 11.3 Å². The SMILES string of the molecule is Cc1nn(C)cc1CNCc1cc([N+](=O)[O-])ccc1Cl. The molecule has 1 aromatic carbocycles. The van der Waals surface area contributed by atoms with Crippen molar-refractivity contribution < 1.29 is 4.92 Å². The molecule has 0 fully saturated rings. The summed E-state index contributed by atoms with van der Waals surface area (Å²) in [7, 11) is 1.87. The molecule has 1 N–H and O–H groups in total. The lowest BCUT2D eigenvalue weighted by atomic mass is 10.2. The van der Waals surface area contributed by atoms with Crippen molar-refractivity contribution in [3.8, 4) is 0 Å². The Morgan fingerprint density at radius 1 is 1.40 bits per heavy atom. The zero-order chi connectivity index (χ0) is 14.7. The van der Waals surface area contributed by atoms with Crippen molar-refractivity contribution in [1.29, 1.82) is 0 Å². The van der Waals surface area contributed by atoms with Gasteiger partial charge in [-0.2, -0.15) is 5.10 Å². The highest BCUT2D eigenvalue weighted by Crippen LogP contribution is 2.22. The Bertz CT molecular complexity index is 639. The minimum Gasteiger partial charge on any atom is -0.308 e. The van der Waals surface area contributed by atoms with Gasteiger partial charge in [0, 0.05) is 49.1 Å². The number of benzene rings is 1. The maximum Gasteiger partial charge on any atom is 0.269 e. The fraction of sp³-hybridized carbons (Fsp3) is 0.308. The molecule has 2 rings (SSSR count). The van der Waals surface area contributed by atoms with E-state index < -0.39 is 4.92 Å². The largest absolute Gasteiger partial charge is 0.308 e. The third-order valence-corrected chi connectivity index (χ3v) is 3.35. The van der Waals surface area contributed by atoms with Crippen LogP contribution < -0.4 is 5.32 Å². The van der Waals surface area contributed by atoms with E-state index in [1.54, 1.807) is 10.7 Å². The summed E-state index contributed by atoms with van der Waals surface area (Å²) in [6.45, 7) is 3.05. The van der Waals surface area contributed by atoms with E-state index in [0.29, 0.717) is 23.7 Å². The quantitative estimate of drug-likeness (QED) is 0.679. The van der Waals surface area contributed by atoms with Gasteiger partial charge < -0.3 is 5.32 Å². The molecule has 0 amide bonds. The van der Waals surface area contributed by atoms with Crippen LogP contribution in [-0.4, -0.2) is 14.7 Å². The molecule has 0 aliphatic carbocycles. The topological polar surface area (TPSA) is 73.0 Å². The first-order valence-corrected chi connectivity index (χ1v) is 6.48. The van der Waals surface area contributed by atoms with Crippen LogP contribution >= 0.6 is 11.6 Å². The molecule has 0 saturated heterocycles. The number of hydrogen-bond acceptors (Lipinski definition) is 4. The zero-order valence-corrected chi connectivity index (χ0v) is 12.0. The summed E-state index contributed by atoms with van der Waals surface area (Å²) in [6.07, 6.45) is 1.94. The van der Waals surface area contributed by atoms with Gasteiger partial charge in [0.25, 0.3) is 5.69 Å². The van der Waals surface area contributed by atoms with Crippen LogP contribution in [0.25, 0.3) is 0 Å². The lowest BCUT2D eigenvalue weighted by molar-refractivity contribution is -0.384. The van der Waals surface area contributed by atoms with Crippen molar-refractivity contribution in [2.24, 2.45) is 7.05 Å². The maximum atomic E-state index is 10.7. The molecular weight excluding hydrogens is 280 g/mol. The Labute approximate surface area is 121 Å². The number of nitrogens with zero attached hydrogens (tertiary/aromatic N) is 3. The van der Waals surface area contributed by atoms with Gasteiger partial charge in [-0.1, -0.05) is 11.6 Å². The number of nitro groups is 1. The highest BCUT2D eigenvalue weighted by molar-refractivity contribution is 6.31. The van der Waals surface area contributed by atoms with Crippen LogP contribution in [0.15, 0.2) is 24.4 Å². The van der Waals surface area contributed by atoms with Gasteiger partial charge in [0.05, 0.1) is 10.6 Å². The minimum absolute atomic E-state index is 0.0451. The second-order valence-electron chi connectivity index (χ2n) is 4.55. The number of halogens is 1. The van der Waals surface area contributed by atoms with Crippen molar-refractivity contribution in [2.75, 3.05) is 0 Å². The number of non-ortho nitro benzene ring substituents is 1. The van der Waals surface area contributed by atoms with E-state index in [4.69, 9.17) is 11.6 Å². The van der Waals surface area contributed by atoms with Crippen molar-refractivity contribution >= 4 is 17.3 Å². The predicted octanol–water partition coefficient (Wildman–Crippen LogP) is 2.58. The van der Waals surface area contributed by atoms with Crippen LogP contribution in [0.1, 0.15) is 16.8 Å². The Kier molecular flexibility index (Phi) is 4.36. The average molecular weight is 295 g/mol. The third-order valence-electron chi connectivity index (χ3n) is 2.99. The monoisotopic (exact) mass is 294 g/mol. The normalized spacial score (nSPS) is 10.8. The highest BCUT2D eigenvalue weighted by atomic mass is 35.5. The van der Waals surface area contributed by atoms with Crippen LogP contribution in [0.5, 0.6) is 0 Å². The van der Waals surface area contributed by atoms with Gasteiger partial charge >= 0.3 is 0 Å². The molecule has 0 radical (unpaired) electrons. The van der Waals surface area contributed by atoms with Gasteiger partial charge in [-0.3, -0.25) is 14.8 Å². The maximum absolute atomic E-state index is 10.7. The zero-order valence-electron chi connectivity index (χ0n) is 11.3. The van der Waals surface area contributed by atoms with E-state index in [-0.39, 0.29) is 5.69 Å². The molecule has 20 heavy (non-hydrogen) atoms. The van der Waals surface area contributed by atoms with Gasteiger partial charge in [-0.25, -0.2) is 0 Å². The number of rotatable bonds is 5. The number of nitro benzene ring substituents is 1. The summed E-state index contributed by atoms with van der Waals surface area (Å²) in [6, 6.07) is 4.44. The van der Waals surface area contributed by atoms with Crippen LogP contribution in [-0.2, 0) is 20.1 Å². The molecule has 6 nitrogen and oxygen atoms in total. The molecule has 0 aliphatic heterocycles. The van der Waals surface area contributed by atoms with E-state index in [1.165, 1.54) is 12.1 Å². The predicted molar refractivity (Wildman–Crippen MR) is 76.6 cm³/mol. The number of nitrogens with one attached hydrogen (secondary N) is 1. The van der Waals surface area contributed by atoms with Gasteiger partial charge in [0.2, 0.25) is 0 Å². The van der Waals surface area contributed by atoms with Gasteiger partial charge in [-0.05, 0) is 18.6 Å². The first-order chi connectivity index (χ1) is 9.47. The molecule has 106 valence electrons. The summed E-state index contributed by atoms with van der Waals surface area (Å²) in [5.74, 6) is 0. The van der Waals surface area contributed by atoms with Crippen LogP contribution in [0, 0.1) is 17.0 Å². The van der Waals surface area contributed by atoms with Crippen LogP contribution in [0.4, 0.5) is 5.69 Å². The molecule has 0 bridgehead atoms. The van der Waals surface area contributed by atoms with E-state index in [1.807, 2.05) is 20.2 Å². The summed E-state index contributed by atoms with van der Waals surface area (Å²) in [5.41, 5.74) is 2.81. The second kappa shape index (κ2) is 6.02. The molecule has 0 spiro atoms. The summed E-state index contributed by atoms with van der Waals surface area (Å²) in [4.78, 5) is 10.3. The summed E-state index contributed by atoms with van der Waals surface area (Å²) >= 11 is 6.04. The Morgan fingerprint density at radius 3 is 2.70 bits per heavy atom. The second-order valence-corrected chi connectivity index (χ2v) is 4.96. The van der Waals surface area contributed by atoms with Crippen LogP contribution in [0.3, 0.4) is 0 Å². The molecule has 0 atom stereocenters. The van der Waals surface area contributed by atoms with Gasteiger partial charge in [0.1, 0.15) is 0 Å². The fourth-order valence-corrected chi connectivity index (χ4v) is 2.15. The third kappa shape index (κ3) is 3.34. The number of aromatic nitrogens is 2. The highest BCUT2D eigenvalue weighted by Gasteiger charge is 2.10. The fourth-order valence-electron chi connectivity index (χ4n) is 1.96. The molecule has 1 aromatic heterocycles. The van der Waals surface area contributed by atoms with Crippen molar-refractivity contribution in [1.82, 2.24) is 15.1 Å². The Hall–Kier alpha value is -1.92. The standard InChI is InChI=1S/C13H15ClN4O2/c1-9-11(8-17(2)16-9)7-15-6-10-5-12(18(19)20)3-4-13(10)14/h3-5,8,15H,6-7H2,1-2H3. The molecule has 1 heterocycles. The molecule has 0 unspecified atom stereocenters. The van der Waals surface area contributed by atoms with Gasteiger partial charge in [-0.15, -0.1) is 0 Å². The number of aryl methyl sites for hydroxylation is 2. The van der Waals surface area contributed by atoms with Crippen molar-refractivity contribution in [3.63, 3.8) is 0 Å². The molecule has 7 heteroatoms. The molecule has 2 aromatic rings. The van der Waals surface area contributed by atoms with E-state index in [2.05, 4.69) is 10.4 Å². The van der Waals surface area contributed by atoms with Crippen LogP contribution in [0.2, 0.25) is 5.02 Å². The first kappa shape index (κ1) is 14.5. The van der Waals surface area contributed by atoms with E-state index in [9.17, 15) is 10.1 Å². The lowest BCUT2D eigenvalue weighted by Gasteiger charge is -2.06. The Balaban J connectivity index is 2.02. The molecule has 0 aliphatic rings. The van der Waals surface area contributed by atoms with Gasteiger partial charge in [0.15, 0.2) is 0 Å². The lowest BCUT2D eigenvalue weighted by Crippen LogP contribution is -2.13. The Morgan fingerprint density at radius 2 is 2.10 bits per heavy atom. The van der Waals surface area contributed by atoms with E-state index >= 15 is 0 Å². The number of hydrogen-bond donors (Lipinski definition) is 1. The average Bonchev–Trinajstić information content (AvgIpc) is 2.70. The summed E-state index contributed by atoms with van der Waals surface area (Å²) < 4.78 is 1.76. The minimum atomic E-state index is -0.426. The summed E-state index contributed by atoms with van der Waals surface area (Å²) in [5, 5.41) is 18.7. The smallest absolute Gasteiger partial charge is 0.269 e. The molecular formula is C13H15ClN4O2. The first-order valence-electron chi connectivity index (χ1n) is 6.10.